The summed E-state index contributed by atoms with van der Waals surface area (Å²) in [5.41, 5.74) is 5.37. The number of fused-ring (bicyclic) bond motifs is 1. The molecule has 2 amide bonds. The average Bonchev–Trinajstić information content (AvgIpc) is 2.47. The molecular formula is C17H23N3O4. The summed E-state index contributed by atoms with van der Waals surface area (Å²) in [4.78, 5) is 26.2. The van der Waals surface area contributed by atoms with E-state index in [1.165, 1.54) is 0 Å². The Labute approximate surface area is 141 Å². The van der Waals surface area contributed by atoms with Crippen molar-refractivity contribution in [2.75, 3.05) is 18.8 Å². The Morgan fingerprint density at radius 3 is 2.62 bits per heavy atom. The maximum atomic E-state index is 12.4. The van der Waals surface area contributed by atoms with Crippen LogP contribution in [0.3, 0.4) is 0 Å². The molecule has 0 bridgehead atoms. The van der Waals surface area contributed by atoms with Gasteiger partial charge >= 0.3 is 6.09 Å². The van der Waals surface area contributed by atoms with Gasteiger partial charge in [-0.2, -0.15) is 0 Å². The van der Waals surface area contributed by atoms with Gasteiger partial charge in [0.05, 0.1) is 5.56 Å². The van der Waals surface area contributed by atoms with E-state index >= 15 is 0 Å². The smallest absolute Gasteiger partial charge is 0.410 e. The number of rotatable bonds is 0. The molecule has 2 aliphatic heterocycles. The van der Waals surface area contributed by atoms with Gasteiger partial charge in [0.15, 0.2) is 5.72 Å². The van der Waals surface area contributed by atoms with Crippen LogP contribution >= 0.6 is 0 Å². The number of hydrogen-bond donors (Lipinski definition) is 2. The highest BCUT2D eigenvalue weighted by Gasteiger charge is 2.43. The molecule has 130 valence electrons. The van der Waals surface area contributed by atoms with Crippen molar-refractivity contribution in [1.82, 2.24) is 10.2 Å². The molecule has 7 heteroatoms. The largest absolute Gasteiger partial charge is 0.467 e. The summed E-state index contributed by atoms with van der Waals surface area (Å²) in [5.74, 6) is 0.327. The van der Waals surface area contributed by atoms with Crippen molar-refractivity contribution in [2.45, 2.75) is 44.9 Å². The third kappa shape index (κ3) is 3.25. The number of nitrogens with two attached hydrogens (primary N) is 1. The number of carbonyl (C=O) groups excluding carboxylic acids is 2. The fraction of sp³-hybridized carbons (Fsp3) is 0.529. The lowest BCUT2D eigenvalue weighted by atomic mass is 9.97. The van der Waals surface area contributed by atoms with Crippen LogP contribution in [0.5, 0.6) is 5.75 Å². The lowest BCUT2D eigenvalue weighted by Crippen LogP contribution is -2.61. The summed E-state index contributed by atoms with van der Waals surface area (Å²) in [6.07, 6.45) is 0.663. The minimum atomic E-state index is -0.779. The van der Waals surface area contributed by atoms with Crippen molar-refractivity contribution in [3.8, 4) is 5.75 Å². The summed E-state index contributed by atoms with van der Waals surface area (Å²) in [7, 11) is 0. The molecule has 2 heterocycles. The highest BCUT2D eigenvalue weighted by molar-refractivity contribution is 5.99. The van der Waals surface area contributed by atoms with Gasteiger partial charge in [-0.15, -0.1) is 0 Å². The van der Waals surface area contributed by atoms with Gasteiger partial charge < -0.3 is 25.4 Å². The zero-order valence-electron chi connectivity index (χ0n) is 14.2. The van der Waals surface area contributed by atoms with Gasteiger partial charge in [0.2, 0.25) is 0 Å². The number of likely N-dealkylation sites (tertiary alicyclic amines) is 1. The number of nitrogen functional groups attached to an aromatic ring is 1. The zero-order valence-corrected chi connectivity index (χ0v) is 14.2. The van der Waals surface area contributed by atoms with E-state index in [1.807, 2.05) is 20.8 Å². The molecule has 0 atom stereocenters. The first-order valence-electron chi connectivity index (χ1n) is 8.06. The Morgan fingerprint density at radius 2 is 2.00 bits per heavy atom. The molecule has 2 aliphatic rings. The molecular weight excluding hydrogens is 310 g/mol. The highest BCUT2D eigenvalue weighted by Crippen LogP contribution is 2.34. The summed E-state index contributed by atoms with van der Waals surface area (Å²) in [5, 5.41) is 2.93. The molecule has 1 aromatic rings. The second-order valence-electron chi connectivity index (χ2n) is 7.27. The normalized spacial score (nSPS) is 19.3. The van der Waals surface area contributed by atoms with E-state index in [9.17, 15) is 9.59 Å². The SMILES string of the molecule is CC(C)(C)OC(=O)N1CCC2(CC1)NC(=O)c1cc(N)ccc1O2. The van der Waals surface area contributed by atoms with Crippen LogP contribution < -0.4 is 15.8 Å². The lowest BCUT2D eigenvalue weighted by molar-refractivity contribution is -0.0366. The van der Waals surface area contributed by atoms with Gasteiger partial charge in [0, 0.05) is 31.6 Å². The molecule has 1 saturated heterocycles. The summed E-state index contributed by atoms with van der Waals surface area (Å²) in [6, 6.07) is 5.03. The molecule has 7 nitrogen and oxygen atoms in total. The third-order valence-corrected chi connectivity index (χ3v) is 4.12. The number of ether oxygens (including phenoxy) is 2. The van der Waals surface area contributed by atoms with Crippen molar-refractivity contribution in [2.24, 2.45) is 0 Å². The maximum absolute atomic E-state index is 12.4. The number of nitrogens with one attached hydrogen (secondary N) is 1. The molecule has 0 radical (unpaired) electrons. The predicted molar refractivity (Wildman–Crippen MR) is 88.7 cm³/mol. The molecule has 1 fully saturated rings. The Bertz CT molecular complexity index is 673. The van der Waals surface area contributed by atoms with E-state index < -0.39 is 11.3 Å². The first-order chi connectivity index (χ1) is 11.2. The monoisotopic (exact) mass is 333 g/mol. The predicted octanol–water partition coefficient (Wildman–Crippen LogP) is 2.12. The van der Waals surface area contributed by atoms with Crippen LogP contribution in [0.1, 0.15) is 44.0 Å². The molecule has 0 saturated carbocycles. The first-order valence-corrected chi connectivity index (χ1v) is 8.06. The minimum absolute atomic E-state index is 0.200. The Hall–Kier alpha value is -2.44. The average molecular weight is 333 g/mol. The van der Waals surface area contributed by atoms with E-state index in [-0.39, 0.29) is 12.0 Å². The molecule has 0 aliphatic carbocycles. The van der Waals surface area contributed by atoms with E-state index in [0.29, 0.717) is 42.9 Å². The fourth-order valence-electron chi connectivity index (χ4n) is 2.93. The third-order valence-electron chi connectivity index (χ3n) is 4.12. The summed E-state index contributed by atoms with van der Waals surface area (Å²) in [6.45, 7) is 6.43. The molecule has 1 spiro atoms. The number of anilines is 1. The van der Waals surface area contributed by atoms with Crippen LogP contribution in [0.4, 0.5) is 10.5 Å². The van der Waals surface area contributed by atoms with Crippen LogP contribution in [0.15, 0.2) is 18.2 Å². The topological polar surface area (TPSA) is 93.9 Å². The van der Waals surface area contributed by atoms with Crippen LogP contribution in [-0.4, -0.2) is 41.3 Å². The Morgan fingerprint density at radius 1 is 1.33 bits per heavy atom. The number of benzene rings is 1. The number of nitrogens with zero attached hydrogens (tertiary/aromatic N) is 1. The maximum Gasteiger partial charge on any atom is 0.410 e. The van der Waals surface area contributed by atoms with Crippen LogP contribution in [0.25, 0.3) is 0 Å². The van der Waals surface area contributed by atoms with Gasteiger partial charge in [-0.3, -0.25) is 4.79 Å². The van der Waals surface area contributed by atoms with E-state index in [2.05, 4.69) is 5.32 Å². The van der Waals surface area contributed by atoms with Crippen molar-refractivity contribution in [1.29, 1.82) is 0 Å². The highest BCUT2D eigenvalue weighted by atomic mass is 16.6. The molecule has 0 aromatic heterocycles. The van der Waals surface area contributed by atoms with Crippen molar-refractivity contribution in [3.63, 3.8) is 0 Å². The molecule has 1 aromatic carbocycles. The quantitative estimate of drug-likeness (QED) is 0.709. The zero-order chi connectivity index (χ0) is 17.5. The van der Waals surface area contributed by atoms with Crippen molar-refractivity contribution in [3.05, 3.63) is 23.8 Å². The number of carbonyl (C=O) groups is 2. The fourth-order valence-corrected chi connectivity index (χ4v) is 2.93. The Kier molecular flexibility index (Phi) is 3.81. The van der Waals surface area contributed by atoms with E-state index in [0.717, 1.165) is 0 Å². The Balaban J connectivity index is 1.69. The second-order valence-corrected chi connectivity index (χ2v) is 7.27. The molecule has 24 heavy (non-hydrogen) atoms. The number of hydrogen-bond acceptors (Lipinski definition) is 5. The van der Waals surface area contributed by atoms with Gasteiger partial charge in [0.25, 0.3) is 5.91 Å². The van der Waals surface area contributed by atoms with Gasteiger partial charge in [-0.1, -0.05) is 0 Å². The van der Waals surface area contributed by atoms with Crippen LogP contribution in [-0.2, 0) is 4.74 Å². The van der Waals surface area contributed by atoms with Crippen molar-refractivity contribution < 1.29 is 19.1 Å². The summed E-state index contributed by atoms with van der Waals surface area (Å²) >= 11 is 0. The van der Waals surface area contributed by atoms with E-state index in [1.54, 1.807) is 23.1 Å². The minimum Gasteiger partial charge on any atom is -0.467 e. The van der Waals surface area contributed by atoms with Crippen molar-refractivity contribution >= 4 is 17.7 Å². The molecule has 3 rings (SSSR count). The van der Waals surface area contributed by atoms with Gasteiger partial charge in [-0.05, 0) is 39.0 Å². The van der Waals surface area contributed by atoms with Crippen LogP contribution in [0, 0.1) is 0 Å². The van der Waals surface area contributed by atoms with Gasteiger partial charge in [-0.25, -0.2) is 4.79 Å². The standard InChI is InChI=1S/C17H23N3O4/c1-16(2,3)24-15(22)20-8-6-17(7-9-20)19-14(21)12-10-11(18)4-5-13(12)23-17/h4-5,10H,6-9,18H2,1-3H3,(H,19,21). The number of piperidine rings is 1. The van der Waals surface area contributed by atoms with E-state index in [4.69, 9.17) is 15.2 Å². The molecule has 0 unspecified atom stereocenters. The number of amides is 2. The summed E-state index contributed by atoms with van der Waals surface area (Å²) < 4.78 is 11.4. The lowest BCUT2D eigenvalue weighted by Gasteiger charge is -2.44. The van der Waals surface area contributed by atoms with Gasteiger partial charge in [0.1, 0.15) is 11.4 Å². The second kappa shape index (κ2) is 5.58. The first kappa shape index (κ1) is 16.4. The van der Waals surface area contributed by atoms with Crippen LogP contribution in [0.2, 0.25) is 0 Å². The molecule has 3 N–H and O–H groups in total.